The molecule has 0 saturated carbocycles. The molecule has 1 amide bonds. The molecule has 7 nitrogen and oxygen atoms in total. The summed E-state index contributed by atoms with van der Waals surface area (Å²) in [4.78, 5) is 16.0. The molecule has 1 aromatic heterocycles. The van der Waals surface area contributed by atoms with E-state index in [1.807, 2.05) is 48.5 Å². The van der Waals surface area contributed by atoms with Crippen molar-refractivity contribution in [1.82, 2.24) is 14.9 Å². The summed E-state index contributed by atoms with van der Waals surface area (Å²) in [6.07, 6.45) is 0.851. The van der Waals surface area contributed by atoms with E-state index < -0.39 is 6.04 Å². The lowest BCUT2D eigenvalue weighted by molar-refractivity contribution is -0.119. The first-order valence-corrected chi connectivity index (χ1v) is 9.32. The lowest BCUT2D eigenvalue weighted by atomic mass is 10.3. The minimum atomic E-state index is -0.427. The maximum Gasteiger partial charge on any atom is 0.234 e. The molecule has 0 radical (unpaired) electrons. The number of hydrogen-bond acceptors (Lipinski definition) is 5. The Morgan fingerprint density at radius 3 is 2.71 bits per heavy atom. The number of para-hydroxylation sites is 1. The van der Waals surface area contributed by atoms with E-state index in [-0.39, 0.29) is 5.91 Å². The van der Waals surface area contributed by atoms with Crippen LogP contribution in [0.5, 0.6) is 11.5 Å². The van der Waals surface area contributed by atoms with Crippen molar-refractivity contribution in [2.24, 2.45) is 5.73 Å². The molecule has 7 heteroatoms. The van der Waals surface area contributed by atoms with Crippen LogP contribution in [0.2, 0.25) is 0 Å². The number of benzene rings is 2. The number of fused-ring (bicyclic) bond motifs is 1. The van der Waals surface area contributed by atoms with Gasteiger partial charge in [0, 0.05) is 26.3 Å². The van der Waals surface area contributed by atoms with Gasteiger partial charge in [-0.05, 0) is 37.6 Å². The first kappa shape index (κ1) is 19.9. The van der Waals surface area contributed by atoms with E-state index >= 15 is 0 Å². The zero-order valence-corrected chi connectivity index (χ0v) is 16.2. The molecule has 2 aromatic carbocycles. The molecule has 148 valence electrons. The van der Waals surface area contributed by atoms with Crippen LogP contribution in [-0.4, -0.2) is 35.2 Å². The third-order valence-corrected chi connectivity index (χ3v) is 4.50. The van der Waals surface area contributed by atoms with Crippen LogP contribution in [0, 0.1) is 0 Å². The number of rotatable bonds is 10. The van der Waals surface area contributed by atoms with Crippen LogP contribution in [0.3, 0.4) is 0 Å². The van der Waals surface area contributed by atoms with Gasteiger partial charge < -0.3 is 19.8 Å². The third kappa shape index (κ3) is 4.88. The highest BCUT2D eigenvalue weighted by Crippen LogP contribution is 2.26. The normalized spacial score (nSPS) is 12.2. The Labute approximate surface area is 164 Å². The number of carbonyl (C=O) groups is 1. The average Bonchev–Trinajstić information content (AvgIpc) is 3.04. The maximum atomic E-state index is 11.3. The highest BCUT2D eigenvalue weighted by Gasteiger charge is 2.14. The molecule has 0 aliphatic carbocycles. The van der Waals surface area contributed by atoms with Gasteiger partial charge in [0.15, 0.2) is 0 Å². The molecule has 0 aliphatic rings. The van der Waals surface area contributed by atoms with E-state index in [0.29, 0.717) is 13.2 Å². The summed E-state index contributed by atoms with van der Waals surface area (Å²) in [5.74, 6) is 1.98. The van der Waals surface area contributed by atoms with Crippen molar-refractivity contribution in [3.8, 4) is 11.5 Å². The van der Waals surface area contributed by atoms with Gasteiger partial charge in [-0.25, -0.2) is 4.98 Å². The number of nitrogens with one attached hydrogen (secondary N) is 1. The summed E-state index contributed by atoms with van der Waals surface area (Å²) in [6.45, 7) is 3.60. The Morgan fingerprint density at radius 2 is 2.00 bits per heavy atom. The number of aryl methyl sites for hydroxylation is 1. The Bertz CT molecular complexity index is 924. The number of hydrogen-bond donors (Lipinski definition) is 2. The molecule has 28 heavy (non-hydrogen) atoms. The maximum absolute atomic E-state index is 11.3. The van der Waals surface area contributed by atoms with Gasteiger partial charge in [-0.1, -0.05) is 18.2 Å². The van der Waals surface area contributed by atoms with Crippen LogP contribution in [0.25, 0.3) is 11.0 Å². The molecule has 0 unspecified atom stereocenters. The van der Waals surface area contributed by atoms with E-state index in [2.05, 4.69) is 9.88 Å². The number of imidazole rings is 1. The number of carbonyl (C=O) groups excluding carboxylic acids is 1. The molecule has 1 atom stereocenters. The second-order valence-electron chi connectivity index (χ2n) is 6.60. The summed E-state index contributed by atoms with van der Waals surface area (Å²) in [5.41, 5.74) is 7.20. The van der Waals surface area contributed by atoms with Gasteiger partial charge in [0.2, 0.25) is 5.91 Å². The number of nitrogens with zero attached hydrogens (tertiary/aromatic N) is 2. The van der Waals surface area contributed by atoms with Crippen LogP contribution in [0.15, 0.2) is 48.5 Å². The number of methoxy groups -OCH3 is 1. The zero-order valence-electron chi connectivity index (χ0n) is 16.2. The van der Waals surface area contributed by atoms with Gasteiger partial charge in [-0.15, -0.1) is 0 Å². The second kappa shape index (κ2) is 9.34. The molecule has 0 fully saturated rings. The van der Waals surface area contributed by atoms with Crippen molar-refractivity contribution >= 4 is 16.9 Å². The summed E-state index contributed by atoms with van der Waals surface area (Å²) in [6, 6.07) is 15.1. The molecule has 0 bridgehead atoms. The van der Waals surface area contributed by atoms with E-state index in [4.69, 9.17) is 20.2 Å². The number of primary amides is 1. The van der Waals surface area contributed by atoms with Crippen molar-refractivity contribution in [2.45, 2.75) is 32.5 Å². The quantitative estimate of drug-likeness (QED) is 0.526. The Hall–Kier alpha value is -2.90. The Kier molecular flexibility index (Phi) is 6.62. The zero-order chi connectivity index (χ0) is 19.9. The number of amides is 1. The van der Waals surface area contributed by atoms with Gasteiger partial charge in [-0.3, -0.25) is 10.1 Å². The first-order valence-electron chi connectivity index (χ1n) is 9.32. The largest absolute Gasteiger partial charge is 0.457 e. The molecule has 0 spiro atoms. The van der Waals surface area contributed by atoms with E-state index in [0.717, 1.165) is 41.3 Å². The minimum Gasteiger partial charge on any atom is -0.457 e. The molecular formula is C21H26N4O3. The number of ether oxygens (including phenoxy) is 2. The third-order valence-electron chi connectivity index (χ3n) is 4.50. The summed E-state index contributed by atoms with van der Waals surface area (Å²) in [7, 11) is 1.69. The van der Waals surface area contributed by atoms with Crippen molar-refractivity contribution in [2.75, 3.05) is 13.7 Å². The van der Waals surface area contributed by atoms with Gasteiger partial charge in [0.05, 0.1) is 23.6 Å². The van der Waals surface area contributed by atoms with Crippen molar-refractivity contribution in [3.05, 3.63) is 54.4 Å². The van der Waals surface area contributed by atoms with Gasteiger partial charge in [-0.2, -0.15) is 0 Å². The smallest absolute Gasteiger partial charge is 0.234 e. The van der Waals surface area contributed by atoms with E-state index in [9.17, 15) is 4.79 Å². The van der Waals surface area contributed by atoms with Gasteiger partial charge in [0.25, 0.3) is 0 Å². The van der Waals surface area contributed by atoms with Crippen molar-refractivity contribution in [1.29, 1.82) is 0 Å². The SMILES string of the molecule is COCCCn1c(CN[C@@H](C)C(N)=O)nc2ccc(Oc3ccccc3)cc21. The molecule has 3 aromatic rings. The molecule has 1 heterocycles. The fourth-order valence-electron chi connectivity index (χ4n) is 2.94. The minimum absolute atomic E-state index is 0.388. The highest BCUT2D eigenvalue weighted by molar-refractivity contribution is 5.79. The van der Waals surface area contributed by atoms with Crippen LogP contribution >= 0.6 is 0 Å². The molecule has 0 saturated heterocycles. The summed E-state index contributed by atoms with van der Waals surface area (Å²) < 4.78 is 13.3. The summed E-state index contributed by atoms with van der Waals surface area (Å²) >= 11 is 0. The molecule has 3 N–H and O–H groups in total. The summed E-state index contributed by atoms with van der Waals surface area (Å²) in [5, 5.41) is 3.12. The monoisotopic (exact) mass is 382 g/mol. The van der Waals surface area contributed by atoms with E-state index in [1.54, 1.807) is 14.0 Å². The topological polar surface area (TPSA) is 91.4 Å². The second-order valence-corrected chi connectivity index (χ2v) is 6.60. The van der Waals surface area contributed by atoms with Crippen molar-refractivity contribution < 1.29 is 14.3 Å². The molecular weight excluding hydrogens is 356 g/mol. The predicted molar refractivity (Wildman–Crippen MR) is 108 cm³/mol. The van der Waals surface area contributed by atoms with E-state index in [1.165, 1.54) is 0 Å². The predicted octanol–water partition coefficient (Wildman–Crippen LogP) is 2.83. The van der Waals surface area contributed by atoms with Crippen LogP contribution in [0.4, 0.5) is 0 Å². The van der Waals surface area contributed by atoms with Crippen LogP contribution < -0.4 is 15.8 Å². The Morgan fingerprint density at radius 1 is 1.21 bits per heavy atom. The fourth-order valence-corrected chi connectivity index (χ4v) is 2.94. The van der Waals surface area contributed by atoms with Crippen molar-refractivity contribution in [3.63, 3.8) is 0 Å². The number of nitrogens with two attached hydrogens (primary N) is 1. The van der Waals surface area contributed by atoms with Crippen LogP contribution in [0.1, 0.15) is 19.2 Å². The van der Waals surface area contributed by atoms with Gasteiger partial charge in [0.1, 0.15) is 17.3 Å². The Balaban J connectivity index is 1.88. The standard InChI is InChI=1S/C21H26N4O3/c1-15(21(22)26)23-14-20-24-18-10-9-17(28-16-7-4-3-5-8-16)13-19(18)25(20)11-6-12-27-2/h3-5,7-10,13,15,23H,6,11-12,14H2,1-2H3,(H2,22,26)/t15-/m0/s1. The van der Waals surface area contributed by atoms with Crippen LogP contribution in [-0.2, 0) is 22.6 Å². The number of aromatic nitrogens is 2. The first-order chi connectivity index (χ1) is 13.6. The molecule has 0 aliphatic heterocycles. The van der Waals surface area contributed by atoms with Gasteiger partial charge >= 0.3 is 0 Å². The molecule has 3 rings (SSSR count). The lowest BCUT2D eigenvalue weighted by Crippen LogP contribution is -2.38. The fraction of sp³-hybridized carbons (Fsp3) is 0.333. The average molecular weight is 382 g/mol. The lowest BCUT2D eigenvalue weighted by Gasteiger charge is -2.13. The highest BCUT2D eigenvalue weighted by atomic mass is 16.5.